The summed E-state index contributed by atoms with van der Waals surface area (Å²) in [4.78, 5) is 53.4. The summed E-state index contributed by atoms with van der Waals surface area (Å²) in [7, 11) is 1.54. The number of nitrogens with one attached hydrogen (secondary N) is 2. The van der Waals surface area contributed by atoms with Gasteiger partial charge in [-0.15, -0.1) is 5.10 Å². The van der Waals surface area contributed by atoms with E-state index in [1.807, 2.05) is 0 Å². The summed E-state index contributed by atoms with van der Waals surface area (Å²) < 4.78 is 6.46. The zero-order valence-electron chi connectivity index (χ0n) is 24.0. The number of amides is 3. The summed E-state index contributed by atoms with van der Waals surface area (Å²) in [6, 6.07) is 14.7. The minimum atomic E-state index is -1.10. The Morgan fingerprint density at radius 2 is 1.91 bits per heavy atom. The van der Waals surface area contributed by atoms with E-state index in [4.69, 9.17) is 16.3 Å². The van der Waals surface area contributed by atoms with Crippen LogP contribution in [0.25, 0.3) is 11.8 Å². The Balaban J connectivity index is 1.48. The smallest absolute Gasteiger partial charge is 0.335 e. The van der Waals surface area contributed by atoms with Gasteiger partial charge >= 0.3 is 5.97 Å². The van der Waals surface area contributed by atoms with Crippen LogP contribution in [-0.4, -0.2) is 80.7 Å². The number of methoxy groups -OCH3 is 1. The number of carbonyl (C=O) groups excluding carboxylic acids is 3. The second kappa shape index (κ2) is 13.9. The Hall–Kier alpha value is -5.40. The van der Waals surface area contributed by atoms with Gasteiger partial charge in [0.1, 0.15) is 12.4 Å². The van der Waals surface area contributed by atoms with Gasteiger partial charge in [0.2, 0.25) is 5.91 Å². The number of ether oxygens (including phenoxy) is 1. The first-order valence-electron chi connectivity index (χ1n) is 13.8. The van der Waals surface area contributed by atoms with Gasteiger partial charge in [-0.2, -0.15) is 4.68 Å². The van der Waals surface area contributed by atoms with E-state index in [1.54, 1.807) is 42.5 Å². The first kappa shape index (κ1) is 31.0. The predicted octanol–water partition coefficient (Wildman–Crippen LogP) is 3.17. The van der Waals surface area contributed by atoms with E-state index in [0.717, 1.165) is 0 Å². The standard InChI is InChI=1S/C31H28ClN7O6/c1-45-16-14-33-29(41)25-4-2-3-24-23(25)13-15-38(28(24)30(42)35-22-9-5-19(6-10-22)31(43)44)27(40)12-7-20-17-21(32)8-11-26(20)39-18-34-36-37-39/h2-12,17-18,28H,13-16H2,1H3,(H,33,41)(H,35,42)(H,43,44). The molecule has 0 fully saturated rings. The third kappa shape index (κ3) is 7.06. The molecule has 230 valence electrons. The molecule has 45 heavy (non-hydrogen) atoms. The first-order chi connectivity index (χ1) is 21.8. The molecular weight excluding hydrogens is 602 g/mol. The van der Waals surface area contributed by atoms with Crippen LogP contribution in [-0.2, 0) is 20.7 Å². The van der Waals surface area contributed by atoms with Crippen LogP contribution < -0.4 is 10.6 Å². The Labute approximate surface area is 262 Å². The van der Waals surface area contributed by atoms with Gasteiger partial charge in [0.15, 0.2) is 0 Å². The molecule has 3 N–H and O–H groups in total. The second-order valence-corrected chi connectivity index (χ2v) is 10.4. The molecule has 14 heteroatoms. The molecular formula is C31H28ClN7O6. The van der Waals surface area contributed by atoms with Crippen molar-refractivity contribution in [3.8, 4) is 5.69 Å². The molecule has 0 saturated carbocycles. The minimum absolute atomic E-state index is 0.0594. The van der Waals surface area contributed by atoms with Gasteiger partial charge in [-0.1, -0.05) is 23.7 Å². The van der Waals surface area contributed by atoms with Crippen molar-refractivity contribution in [3.63, 3.8) is 0 Å². The van der Waals surface area contributed by atoms with Crippen LogP contribution in [0.1, 0.15) is 43.4 Å². The Morgan fingerprint density at radius 3 is 2.62 bits per heavy atom. The molecule has 1 unspecified atom stereocenters. The molecule has 2 heterocycles. The van der Waals surface area contributed by atoms with E-state index in [9.17, 15) is 24.3 Å². The van der Waals surface area contributed by atoms with Gasteiger partial charge < -0.3 is 25.4 Å². The average molecular weight is 630 g/mol. The highest BCUT2D eigenvalue weighted by Crippen LogP contribution is 2.34. The highest BCUT2D eigenvalue weighted by atomic mass is 35.5. The molecule has 0 radical (unpaired) electrons. The monoisotopic (exact) mass is 629 g/mol. The number of benzene rings is 3. The van der Waals surface area contributed by atoms with Crippen LogP contribution in [0.3, 0.4) is 0 Å². The lowest BCUT2D eigenvalue weighted by Crippen LogP contribution is -2.45. The largest absolute Gasteiger partial charge is 0.478 e. The number of halogens is 1. The molecule has 0 spiro atoms. The summed E-state index contributed by atoms with van der Waals surface area (Å²) in [5, 5.41) is 26.5. The number of fused-ring (bicyclic) bond motifs is 1. The van der Waals surface area contributed by atoms with Crippen molar-refractivity contribution in [3.05, 3.63) is 106 Å². The van der Waals surface area contributed by atoms with E-state index in [-0.39, 0.29) is 18.0 Å². The summed E-state index contributed by atoms with van der Waals surface area (Å²) >= 11 is 6.23. The number of hydrogen-bond donors (Lipinski definition) is 3. The molecule has 0 saturated heterocycles. The minimum Gasteiger partial charge on any atom is -0.478 e. The normalized spacial score (nSPS) is 14.2. The van der Waals surface area contributed by atoms with Crippen LogP contribution in [0.4, 0.5) is 5.69 Å². The van der Waals surface area contributed by atoms with Crippen LogP contribution in [0.15, 0.2) is 73.1 Å². The summed E-state index contributed by atoms with van der Waals surface area (Å²) in [6.45, 7) is 0.785. The molecule has 0 aliphatic carbocycles. The zero-order valence-corrected chi connectivity index (χ0v) is 24.8. The van der Waals surface area contributed by atoms with Crippen molar-refractivity contribution >= 4 is 47.1 Å². The fraction of sp³-hybridized carbons (Fsp3) is 0.194. The molecule has 5 rings (SSSR count). The van der Waals surface area contributed by atoms with Crippen LogP contribution >= 0.6 is 11.6 Å². The maximum atomic E-state index is 13.9. The van der Waals surface area contributed by atoms with Crippen molar-refractivity contribution in [1.29, 1.82) is 0 Å². The highest BCUT2D eigenvalue weighted by molar-refractivity contribution is 6.30. The van der Waals surface area contributed by atoms with Gasteiger partial charge in [0.05, 0.1) is 17.9 Å². The van der Waals surface area contributed by atoms with Crippen LogP contribution in [0, 0.1) is 0 Å². The molecule has 3 aromatic carbocycles. The number of tetrazole rings is 1. The maximum absolute atomic E-state index is 13.9. The van der Waals surface area contributed by atoms with E-state index in [2.05, 4.69) is 26.2 Å². The van der Waals surface area contributed by atoms with E-state index in [0.29, 0.717) is 58.2 Å². The van der Waals surface area contributed by atoms with Crippen LogP contribution in [0.5, 0.6) is 0 Å². The SMILES string of the molecule is COCCNC(=O)c1cccc2c1CCN(C(=O)C=Cc1cc(Cl)ccc1-n1cnnn1)C2C(=O)Nc1ccc(C(=O)O)cc1. The van der Waals surface area contributed by atoms with E-state index < -0.39 is 23.8 Å². The van der Waals surface area contributed by atoms with Gasteiger partial charge in [-0.05, 0) is 82.6 Å². The van der Waals surface area contributed by atoms with E-state index >= 15 is 0 Å². The van der Waals surface area contributed by atoms with Crippen LogP contribution in [0.2, 0.25) is 5.02 Å². The second-order valence-electron chi connectivity index (χ2n) is 9.97. The van der Waals surface area contributed by atoms with Gasteiger partial charge in [0.25, 0.3) is 11.8 Å². The molecule has 4 aromatic rings. The summed E-state index contributed by atoms with van der Waals surface area (Å²) in [5.74, 6) is -2.41. The maximum Gasteiger partial charge on any atom is 0.335 e. The molecule has 3 amide bonds. The number of aromatic nitrogens is 4. The van der Waals surface area contributed by atoms with Crippen molar-refractivity contribution in [2.45, 2.75) is 12.5 Å². The Morgan fingerprint density at radius 1 is 1.11 bits per heavy atom. The molecule has 1 aliphatic rings. The number of rotatable bonds is 10. The number of aromatic carboxylic acids is 1. The lowest BCUT2D eigenvalue weighted by atomic mass is 9.88. The number of hydrogen-bond acceptors (Lipinski definition) is 8. The molecule has 1 aliphatic heterocycles. The molecule has 13 nitrogen and oxygen atoms in total. The Bertz CT molecular complexity index is 1760. The highest BCUT2D eigenvalue weighted by Gasteiger charge is 2.37. The third-order valence-electron chi connectivity index (χ3n) is 7.18. The number of carboxylic acids is 1. The fourth-order valence-electron chi connectivity index (χ4n) is 5.07. The molecule has 0 bridgehead atoms. The average Bonchev–Trinajstić information content (AvgIpc) is 3.58. The van der Waals surface area contributed by atoms with Crippen molar-refractivity contribution in [1.82, 2.24) is 30.4 Å². The summed E-state index contributed by atoms with van der Waals surface area (Å²) in [5.41, 5.74) is 3.11. The number of carboxylic acid groups (broad SMARTS) is 1. The van der Waals surface area contributed by atoms with E-state index in [1.165, 1.54) is 53.4 Å². The molecule has 1 aromatic heterocycles. The Kier molecular flexibility index (Phi) is 9.61. The number of anilines is 1. The zero-order chi connectivity index (χ0) is 31.9. The van der Waals surface area contributed by atoms with Crippen molar-refractivity contribution in [2.75, 3.05) is 32.1 Å². The van der Waals surface area contributed by atoms with Gasteiger partial charge in [-0.25, -0.2) is 4.79 Å². The quantitative estimate of drug-likeness (QED) is 0.176. The molecule has 1 atom stereocenters. The van der Waals surface area contributed by atoms with Crippen molar-refractivity contribution in [2.24, 2.45) is 0 Å². The van der Waals surface area contributed by atoms with Crippen molar-refractivity contribution < 1.29 is 29.0 Å². The lowest BCUT2D eigenvalue weighted by molar-refractivity contribution is -0.135. The topological polar surface area (TPSA) is 169 Å². The number of carbonyl (C=O) groups is 4. The van der Waals surface area contributed by atoms with Gasteiger partial charge in [0, 0.05) is 48.1 Å². The van der Waals surface area contributed by atoms with Gasteiger partial charge in [-0.3, -0.25) is 14.4 Å². The first-order valence-corrected chi connectivity index (χ1v) is 14.2. The third-order valence-corrected chi connectivity index (χ3v) is 7.41. The fourth-order valence-corrected chi connectivity index (χ4v) is 5.25. The predicted molar refractivity (Wildman–Crippen MR) is 164 cm³/mol. The number of nitrogens with zero attached hydrogens (tertiary/aromatic N) is 5. The summed E-state index contributed by atoms with van der Waals surface area (Å²) in [6.07, 6.45) is 4.65. The lowest BCUT2D eigenvalue weighted by Gasteiger charge is -2.36.